The van der Waals surface area contributed by atoms with Gasteiger partial charge in [0.15, 0.2) is 5.78 Å². The summed E-state index contributed by atoms with van der Waals surface area (Å²) in [7, 11) is 0. The van der Waals surface area contributed by atoms with E-state index in [0.717, 1.165) is 24.8 Å². The molecule has 0 aromatic heterocycles. The van der Waals surface area contributed by atoms with Crippen molar-refractivity contribution in [3.05, 3.63) is 35.9 Å². The van der Waals surface area contributed by atoms with Crippen LogP contribution in [0, 0.1) is 17.3 Å². The van der Waals surface area contributed by atoms with Crippen molar-refractivity contribution < 1.29 is 9.53 Å². The van der Waals surface area contributed by atoms with Gasteiger partial charge in [-0.3, -0.25) is 4.79 Å². The van der Waals surface area contributed by atoms with E-state index < -0.39 is 5.41 Å². The highest BCUT2D eigenvalue weighted by molar-refractivity contribution is 5.87. The van der Waals surface area contributed by atoms with Crippen molar-refractivity contribution >= 4 is 5.78 Å². The summed E-state index contributed by atoms with van der Waals surface area (Å²) in [5, 5.41) is 0. The number of ketones is 1. The molecule has 1 aromatic rings. The number of rotatable bonds is 1. The zero-order valence-electron chi connectivity index (χ0n) is 10.5. The molecule has 2 fully saturated rings. The van der Waals surface area contributed by atoms with Crippen molar-refractivity contribution in [1.29, 1.82) is 0 Å². The fourth-order valence-corrected chi connectivity index (χ4v) is 3.00. The predicted octanol–water partition coefficient (Wildman–Crippen LogP) is 2.56. The van der Waals surface area contributed by atoms with Gasteiger partial charge in [0, 0.05) is 5.56 Å². The lowest BCUT2D eigenvalue weighted by Gasteiger charge is -2.27. The van der Waals surface area contributed by atoms with Crippen molar-refractivity contribution in [2.24, 2.45) is 5.41 Å². The molecular formula is C16H16O2. The van der Waals surface area contributed by atoms with Gasteiger partial charge in [-0.25, -0.2) is 0 Å². The van der Waals surface area contributed by atoms with Crippen LogP contribution in [0.3, 0.4) is 0 Å². The smallest absolute Gasteiger partial charge is 0.150 e. The highest BCUT2D eigenvalue weighted by Crippen LogP contribution is 2.48. The van der Waals surface area contributed by atoms with Gasteiger partial charge in [-0.1, -0.05) is 30.0 Å². The Morgan fingerprint density at radius 1 is 1.33 bits per heavy atom. The first kappa shape index (κ1) is 11.5. The lowest BCUT2D eigenvalue weighted by atomic mass is 9.72. The number of ether oxygens (including phenoxy) is 1. The molecule has 0 saturated carbocycles. The molecule has 3 rings (SSSR count). The molecule has 0 spiro atoms. The largest absolute Gasteiger partial charge is 0.373 e. The number of hydrogen-bond donors (Lipinski definition) is 0. The van der Waals surface area contributed by atoms with Crippen molar-refractivity contribution in [2.75, 3.05) is 0 Å². The Hall–Kier alpha value is -1.59. The Bertz CT molecular complexity index is 523. The quantitative estimate of drug-likeness (QED) is 0.705. The standard InChI is InChI=1S/C16H16O2/c1-12(17)16(11-14-7-8-15(16)18-14)10-9-13-5-3-2-4-6-13/h2-6,14-15H,7-8,11H2,1H3/t14-,15+,16+/m1/s1. The van der Waals surface area contributed by atoms with Gasteiger partial charge in [0.05, 0.1) is 12.2 Å². The van der Waals surface area contributed by atoms with Crippen LogP contribution in [0.15, 0.2) is 30.3 Å². The maximum absolute atomic E-state index is 12.0. The van der Waals surface area contributed by atoms with Crippen LogP contribution < -0.4 is 0 Å². The van der Waals surface area contributed by atoms with E-state index in [9.17, 15) is 4.79 Å². The maximum Gasteiger partial charge on any atom is 0.150 e. The molecule has 0 unspecified atom stereocenters. The molecule has 2 bridgehead atoms. The van der Waals surface area contributed by atoms with Crippen molar-refractivity contribution in [2.45, 2.75) is 38.4 Å². The average Bonchev–Trinajstić information content (AvgIpc) is 2.98. The van der Waals surface area contributed by atoms with E-state index >= 15 is 0 Å². The van der Waals surface area contributed by atoms with Gasteiger partial charge < -0.3 is 4.74 Å². The van der Waals surface area contributed by atoms with E-state index in [-0.39, 0.29) is 18.0 Å². The summed E-state index contributed by atoms with van der Waals surface area (Å²) < 4.78 is 5.81. The van der Waals surface area contributed by atoms with Crippen LogP contribution in [-0.2, 0) is 9.53 Å². The van der Waals surface area contributed by atoms with E-state index in [1.165, 1.54) is 0 Å². The van der Waals surface area contributed by atoms with Crippen LogP contribution in [0.2, 0.25) is 0 Å². The topological polar surface area (TPSA) is 26.3 Å². The van der Waals surface area contributed by atoms with Gasteiger partial charge in [0.25, 0.3) is 0 Å². The average molecular weight is 240 g/mol. The minimum Gasteiger partial charge on any atom is -0.373 e. The van der Waals surface area contributed by atoms with Gasteiger partial charge >= 0.3 is 0 Å². The van der Waals surface area contributed by atoms with Crippen LogP contribution >= 0.6 is 0 Å². The van der Waals surface area contributed by atoms with Crippen LogP contribution in [0.4, 0.5) is 0 Å². The second-order valence-electron chi connectivity index (χ2n) is 5.17. The molecule has 0 N–H and O–H groups in total. The number of benzene rings is 1. The molecule has 2 aliphatic rings. The second-order valence-corrected chi connectivity index (χ2v) is 5.17. The minimum atomic E-state index is -0.557. The van der Waals surface area contributed by atoms with E-state index in [2.05, 4.69) is 11.8 Å². The molecule has 3 atom stereocenters. The zero-order valence-corrected chi connectivity index (χ0v) is 10.5. The van der Waals surface area contributed by atoms with E-state index in [1.807, 2.05) is 30.3 Å². The first-order valence-electron chi connectivity index (χ1n) is 6.45. The van der Waals surface area contributed by atoms with Crippen LogP contribution in [0.5, 0.6) is 0 Å². The molecule has 1 aromatic carbocycles. The van der Waals surface area contributed by atoms with Gasteiger partial charge in [0.2, 0.25) is 0 Å². The number of Topliss-reactive ketones (excluding diaryl/α,β-unsaturated/α-hetero) is 1. The van der Waals surface area contributed by atoms with E-state index in [0.29, 0.717) is 0 Å². The van der Waals surface area contributed by atoms with E-state index in [1.54, 1.807) is 6.92 Å². The van der Waals surface area contributed by atoms with Crippen LogP contribution in [-0.4, -0.2) is 18.0 Å². The number of hydrogen-bond acceptors (Lipinski definition) is 2. The summed E-state index contributed by atoms with van der Waals surface area (Å²) in [6.07, 6.45) is 3.06. The van der Waals surface area contributed by atoms with Gasteiger partial charge in [-0.2, -0.15) is 0 Å². The van der Waals surface area contributed by atoms with Crippen molar-refractivity contribution in [1.82, 2.24) is 0 Å². The highest BCUT2D eigenvalue weighted by atomic mass is 16.5. The second kappa shape index (κ2) is 4.26. The van der Waals surface area contributed by atoms with Crippen LogP contribution in [0.25, 0.3) is 0 Å². The highest BCUT2D eigenvalue weighted by Gasteiger charge is 2.54. The Morgan fingerprint density at radius 2 is 2.11 bits per heavy atom. The summed E-state index contributed by atoms with van der Waals surface area (Å²) in [6, 6.07) is 9.82. The molecule has 0 radical (unpaired) electrons. The van der Waals surface area contributed by atoms with Gasteiger partial charge in [0.1, 0.15) is 5.41 Å². The normalized spacial score (nSPS) is 32.9. The summed E-state index contributed by atoms with van der Waals surface area (Å²) in [5.41, 5.74) is 0.402. The van der Waals surface area contributed by atoms with E-state index in [4.69, 9.17) is 4.74 Å². The monoisotopic (exact) mass is 240 g/mol. The Balaban J connectivity index is 1.94. The van der Waals surface area contributed by atoms with Crippen molar-refractivity contribution in [3.63, 3.8) is 0 Å². The molecule has 0 aliphatic carbocycles. The molecule has 0 amide bonds. The Kier molecular flexibility index (Phi) is 2.72. The summed E-state index contributed by atoms with van der Waals surface area (Å²) in [5.74, 6) is 6.51. The Labute approximate surface area is 107 Å². The predicted molar refractivity (Wildman–Crippen MR) is 68.9 cm³/mol. The fourth-order valence-electron chi connectivity index (χ4n) is 3.00. The molecule has 18 heavy (non-hydrogen) atoms. The zero-order chi connectivity index (χ0) is 12.6. The molecular weight excluding hydrogens is 224 g/mol. The minimum absolute atomic E-state index is 0.0104. The lowest BCUT2D eigenvalue weighted by Crippen LogP contribution is -2.37. The van der Waals surface area contributed by atoms with Gasteiger partial charge in [-0.05, 0) is 38.3 Å². The molecule has 2 heteroatoms. The molecule has 2 saturated heterocycles. The molecule has 2 nitrogen and oxygen atoms in total. The molecule has 92 valence electrons. The SMILES string of the molecule is CC(=O)[C@]1(C#Cc2ccccc2)C[C@H]2CC[C@@H]1O2. The summed E-state index contributed by atoms with van der Waals surface area (Å²) in [4.78, 5) is 12.0. The third kappa shape index (κ3) is 1.76. The fraction of sp³-hybridized carbons (Fsp3) is 0.438. The lowest BCUT2D eigenvalue weighted by molar-refractivity contribution is -0.125. The molecule has 2 aliphatic heterocycles. The number of fused-ring (bicyclic) bond motifs is 2. The number of carbonyl (C=O) groups excluding carboxylic acids is 1. The summed E-state index contributed by atoms with van der Waals surface area (Å²) in [6.45, 7) is 1.64. The third-order valence-electron chi connectivity index (χ3n) is 4.04. The third-order valence-corrected chi connectivity index (χ3v) is 4.04. The first-order chi connectivity index (χ1) is 8.71. The van der Waals surface area contributed by atoms with Crippen molar-refractivity contribution in [3.8, 4) is 11.8 Å². The van der Waals surface area contributed by atoms with Crippen LogP contribution in [0.1, 0.15) is 31.7 Å². The molecule has 2 heterocycles. The maximum atomic E-state index is 12.0. The van der Waals surface area contributed by atoms with Gasteiger partial charge in [-0.15, -0.1) is 0 Å². The first-order valence-corrected chi connectivity index (χ1v) is 6.45. The summed E-state index contributed by atoms with van der Waals surface area (Å²) >= 11 is 0. The Morgan fingerprint density at radius 3 is 2.67 bits per heavy atom. The number of carbonyl (C=O) groups is 1.